The number of hydrogen-bond acceptors (Lipinski definition) is 8. The number of carbonyl (C=O) groups is 3. The number of methoxy groups -OCH3 is 2. The van der Waals surface area contributed by atoms with Gasteiger partial charge in [-0.3, -0.25) is 9.36 Å². The van der Waals surface area contributed by atoms with Crippen LogP contribution in [0.5, 0.6) is 5.75 Å². The molecule has 0 bridgehead atoms. The Bertz CT molecular complexity index is 965. The zero-order valence-electron chi connectivity index (χ0n) is 16.8. The second-order valence-electron chi connectivity index (χ2n) is 7.01. The van der Waals surface area contributed by atoms with E-state index in [1.54, 1.807) is 39.0 Å². The summed E-state index contributed by atoms with van der Waals surface area (Å²) >= 11 is 0. The third-order valence-corrected chi connectivity index (χ3v) is 3.64. The van der Waals surface area contributed by atoms with Crippen LogP contribution in [0.1, 0.15) is 31.1 Å². The first kappa shape index (κ1) is 22.0. The molecule has 2 aromatic rings. The molecule has 2 rings (SSSR count). The second kappa shape index (κ2) is 8.78. The highest BCUT2D eigenvalue weighted by Crippen LogP contribution is 2.28. The minimum atomic E-state index is -1.06. The van der Waals surface area contributed by atoms with Gasteiger partial charge in [0.05, 0.1) is 12.6 Å². The number of rotatable bonds is 6. The Morgan fingerprint density at radius 3 is 2.45 bits per heavy atom. The van der Waals surface area contributed by atoms with Crippen molar-refractivity contribution in [3.05, 3.63) is 41.8 Å². The third-order valence-electron chi connectivity index (χ3n) is 3.64. The number of allylic oxidation sites excluding steroid dienone is 1. The van der Waals surface area contributed by atoms with E-state index in [-0.39, 0.29) is 12.4 Å². The molecule has 9 heteroatoms. The molecule has 0 aliphatic rings. The van der Waals surface area contributed by atoms with Crippen molar-refractivity contribution in [1.29, 1.82) is 0 Å². The van der Waals surface area contributed by atoms with Crippen LogP contribution in [-0.4, -0.2) is 54.1 Å². The van der Waals surface area contributed by atoms with Crippen LogP contribution in [0.2, 0.25) is 0 Å². The zero-order chi connectivity index (χ0) is 21.8. The molecule has 1 heterocycles. The van der Waals surface area contributed by atoms with Crippen molar-refractivity contribution in [2.24, 2.45) is 0 Å². The maximum atomic E-state index is 12.7. The molecule has 0 amide bonds. The van der Waals surface area contributed by atoms with Gasteiger partial charge in [-0.1, -0.05) is 0 Å². The Balaban J connectivity index is 2.58. The number of carbonyl (C=O) groups excluding carboxylic acids is 3. The van der Waals surface area contributed by atoms with Crippen molar-refractivity contribution in [2.45, 2.75) is 26.4 Å². The fourth-order valence-corrected chi connectivity index (χ4v) is 2.45. The van der Waals surface area contributed by atoms with Crippen LogP contribution in [0.3, 0.4) is 0 Å². The summed E-state index contributed by atoms with van der Waals surface area (Å²) in [6.07, 6.45) is 1.32. The van der Waals surface area contributed by atoms with Crippen LogP contribution in [0.15, 0.2) is 36.2 Å². The van der Waals surface area contributed by atoms with Crippen molar-refractivity contribution in [3.63, 3.8) is 0 Å². The first-order chi connectivity index (χ1) is 13.6. The van der Waals surface area contributed by atoms with Crippen molar-refractivity contribution >= 4 is 28.7 Å². The van der Waals surface area contributed by atoms with Gasteiger partial charge in [-0.15, -0.1) is 0 Å². The van der Waals surface area contributed by atoms with Crippen LogP contribution in [-0.2, 0) is 19.0 Å². The van der Waals surface area contributed by atoms with E-state index in [0.29, 0.717) is 16.7 Å². The largest absolute Gasteiger partial charge is 0.502 e. The molecule has 0 saturated heterocycles. The summed E-state index contributed by atoms with van der Waals surface area (Å²) in [5.41, 5.74) is -0.301. The molecule has 0 fully saturated rings. The molecule has 0 aliphatic carbocycles. The Hall–Kier alpha value is -3.33. The maximum Gasteiger partial charge on any atom is 0.419 e. The number of aliphatic hydroxyl groups is 1. The molecule has 1 aromatic heterocycles. The van der Waals surface area contributed by atoms with Gasteiger partial charge in [0.25, 0.3) is 0 Å². The Morgan fingerprint density at radius 1 is 1.17 bits per heavy atom. The highest BCUT2D eigenvalue weighted by atomic mass is 16.7. The minimum Gasteiger partial charge on any atom is -0.502 e. The van der Waals surface area contributed by atoms with Gasteiger partial charge in [-0.25, -0.2) is 9.59 Å². The van der Waals surface area contributed by atoms with Gasteiger partial charge in [-0.05, 0) is 39.0 Å². The molecular weight excluding hydrogens is 382 g/mol. The average molecular weight is 405 g/mol. The predicted octanol–water partition coefficient (Wildman–Crippen LogP) is 3.20. The number of ether oxygens (including phenoxy) is 4. The van der Waals surface area contributed by atoms with Gasteiger partial charge in [0, 0.05) is 30.3 Å². The summed E-state index contributed by atoms with van der Waals surface area (Å²) in [4.78, 5) is 36.6. The van der Waals surface area contributed by atoms with Crippen LogP contribution in [0.25, 0.3) is 10.9 Å². The van der Waals surface area contributed by atoms with Gasteiger partial charge in [-0.2, -0.15) is 0 Å². The topological polar surface area (TPSA) is 113 Å². The highest BCUT2D eigenvalue weighted by molar-refractivity contribution is 6.16. The van der Waals surface area contributed by atoms with Crippen molar-refractivity contribution in [1.82, 2.24) is 4.57 Å². The molecule has 29 heavy (non-hydrogen) atoms. The summed E-state index contributed by atoms with van der Waals surface area (Å²) < 4.78 is 21.2. The fourth-order valence-electron chi connectivity index (χ4n) is 2.45. The number of benzene rings is 1. The Morgan fingerprint density at radius 2 is 1.86 bits per heavy atom. The molecule has 0 spiro atoms. The number of nitrogens with zero attached hydrogens (tertiary/aromatic N) is 1. The highest BCUT2D eigenvalue weighted by Gasteiger charge is 2.23. The summed E-state index contributed by atoms with van der Waals surface area (Å²) in [5, 5.41) is 10.1. The summed E-state index contributed by atoms with van der Waals surface area (Å²) in [6, 6.07) is 4.74. The van der Waals surface area contributed by atoms with Crippen LogP contribution < -0.4 is 4.74 Å². The van der Waals surface area contributed by atoms with E-state index in [2.05, 4.69) is 4.74 Å². The number of aromatic nitrogens is 1. The lowest BCUT2D eigenvalue weighted by Crippen LogP contribution is -2.26. The number of aliphatic hydroxyl groups excluding tert-OH is 1. The smallest absolute Gasteiger partial charge is 0.419 e. The van der Waals surface area contributed by atoms with E-state index in [4.69, 9.17) is 14.2 Å². The average Bonchev–Trinajstić information content (AvgIpc) is 3.03. The van der Waals surface area contributed by atoms with Crippen LogP contribution in [0.4, 0.5) is 4.79 Å². The lowest BCUT2D eigenvalue weighted by Gasteiger charge is -2.19. The van der Waals surface area contributed by atoms with E-state index in [0.717, 1.165) is 13.2 Å². The third kappa shape index (κ3) is 5.35. The van der Waals surface area contributed by atoms with Gasteiger partial charge in [0.1, 0.15) is 11.4 Å². The zero-order valence-corrected chi connectivity index (χ0v) is 16.8. The Kier molecular flexibility index (Phi) is 6.65. The first-order valence-corrected chi connectivity index (χ1v) is 8.61. The number of ketones is 1. The number of esters is 1. The second-order valence-corrected chi connectivity index (χ2v) is 7.01. The number of fused-ring (bicyclic) bond motifs is 1. The molecular formula is C20H23NO8. The van der Waals surface area contributed by atoms with Gasteiger partial charge in [0.15, 0.2) is 12.6 Å². The number of hydrogen-bond donors (Lipinski definition) is 1. The lowest BCUT2D eigenvalue weighted by molar-refractivity contribution is -0.139. The van der Waals surface area contributed by atoms with Gasteiger partial charge in [0.2, 0.25) is 5.76 Å². The summed E-state index contributed by atoms with van der Waals surface area (Å²) in [6.45, 7) is 5.15. The van der Waals surface area contributed by atoms with Crippen molar-refractivity contribution < 1.29 is 38.4 Å². The maximum absolute atomic E-state index is 12.7. The van der Waals surface area contributed by atoms with Crippen LogP contribution >= 0.6 is 0 Å². The molecule has 1 aromatic carbocycles. The van der Waals surface area contributed by atoms with E-state index >= 15 is 0 Å². The first-order valence-electron chi connectivity index (χ1n) is 8.61. The lowest BCUT2D eigenvalue weighted by atomic mass is 10.1. The van der Waals surface area contributed by atoms with E-state index in [9.17, 15) is 19.5 Å². The van der Waals surface area contributed by atoms with E-state index < -0.39 is 29.2 Å². The normalized spacial score (nSPS) is 12.0. The molecule has 156 valence electrons. The SMILES string of the molecule is COCOc1ccc2c(c1)c(C(=O)C=C(O)C(=O)OC)cn2C(=O)OC(C)(C)C. The minimum absolute atomic E-state index is 0.00933. The molecule has 0 atom stereocenters. The van der Waals surface area contributed by atoms with Crippen molar-refractivity contribution in [3.8, 4) is 5.75 Å². The van der Waals surface area contributed by atoms with Crippen LogP contribution in [0, 0.1) is 0 Å². The summed E-state index contributed by atoms with van der Waals surface area (Å²) in [5.74, 6) is -2.22. The quantitative estimate of drug-likeness (QED) is 0.256. The monoisotopic (exact) mass is 405 g/mol. The van der Waals surface area contributed by atoms with Gasteiger partial charge < -0.3 is 24.1 Å². The molecule has 1 N–H and O–H groups in total. The van der Waals surface area contributed by atoms with E-state index in [1.807, 2.05) is 0 Å². The predicted molar refractivity (Wildman–Crippen MR) is 103 cm³/mol. The molecule has 0 radical (unpaired) electrons. The molecule has 9 nitrogen and oxygen atoms in total. The Labute approximate surface area is 167 Å². The molecule has 0 unspecified atom stereocenters. The van der Waals surface area contributed by atoms with Crippen molar-refractivity contribution in [2.75, 3.05) is 21.0 Å². The molecule has 0 aliphatic heterocycles. The fraction of sp³-hybridized carbons (Fsp3) is 0.350. The van der Waals surface area contributed by atoms with Gasteiger partial charge >= 0.3 is 12.1 Å². The summed E-state index contributed by atoms with van der Waals surface area (Å²) in [7, 11) is 2.54. The molecule has 0 saturated carbocycles. The standard InChI is InChI=1S/C20H23NO8/c1-20(2,3)29-19(25)21-10-14(16(22)9-17(23)18(24)27-5)13-8-12(28-11-26-4)6-7-15(13)21/h6-10,23H,11H2,1-5H3. The van der Waals surface area contributed by atoms with E-state index in [1.165, 1.54) is 17.9 Å².